The zero-order valence-electron chi connectivity index (χ0n) is 23.5. The summed E-state index contributed by atoms with van der Waals surface area (Å²) >= 11 is 12.1. The first-order valence-corrected chi connectivity index (χ1v) is 15.6. The third-order valence-electron chi connectivity index (χ3n) is 6.98. The van der Waals surface area contributed by atoms with E-state index < -0.39 is 34.0 Å². The average Bonchev–Trinajstić information content (AvgIpc) is 3.01. The van der Waals surface area contributed by atoms with Crippen molar-refractivity contribution in [2.24, 2.45) is 0 Å². The van der Waals surface area contributed by atoms with Crippen molar-refractivity contribution in [2.75, 3.05) is 37.5 Å². The van der Waals surface area contributed by atoms with Gasteiger partial charge in [0.15, 0.2) is 0 Å². The van der Waals surface area contributed by atoms with Gasteiger partial charge in [-0.05, 0) is 42.7 Å². The number of carbonyl (C=O) groups is 3. The minimum Gasteiger partial charge on any atom is -0.467 e. The quantitative estimate of drug-likeness (QED) is 0.320. The van der Waals surface area contributed by atoms with Gasteiger partial charge in [0.25, 0.3) is 5.91 Å². The minimum atomic E-state index is -3.83. The van der Waals surface area contributed by atoms with Gasteiger partial charge in [-0.15, -0.1) is 0 Å². The van der Waals surface area contributed by atoms with Crippen LogP contribution in [0.25, 0.3) is 0 Å². The van der Waals surface area contributed by atoms with Crippen molar-refractivity contribution < 1.29 is 27.5 Å². The third-order valence-corrected chi connectivity index (χ3v) is 9.50. The molecule has 4 rings (SSSR count). The first kappa shape index (κ1) is 32.2. The van der Waals surface area contributed by atoms with E-state index in [0.29, 0.717) is 24.3 Å². The number of benzene rings is 2. The molecule has 1 atom stereocenters. The summed E-state index contributed by atoms with van der Waals surface area (Å²) in [5.41, 5.74) is 1.38. The number of halogens is 2. The Morgan fingerprint density at radius 2 is 1.63 bits per heavy atom. The molecule has 228 valence electrons. The molecule has 0 bridgehead atoms. The number of sulfonamides is 1. The summed E-state index contributed by atoms with van der Waals surface area (Å²) in [7, 11) is -1.19. The van der Waals surface area contributed by atoms with Gasteiger partial charge in [-0.2, -0.15) is 4.31 Å². The summed E-state index contributed by atoms with van der Waals surface area (Å²) in [6.45, 7) is 0.843. The number of piperidine rings is 1. The number of para-hydroxylation sites is 1. The molecule has 3 amide bonds. The number of rotatable bonds is 9. The SMILES string of the molecule is COC(=O)C(Cc1ccc(NC(=O)c2c(Cl)cncc2Cl)cc1)NC(=O)N(C)c1ccccc1S(=O)(=O)N1CCCCC1. The highest BCUT2D eigenvalue weighted by molar-refractivity contribution is 7.89. The number of ether oxygens (including phenoxy) is 1. The lowest BCUT2D eigenvalue weighted by atomic mass is 10.1. The number of hydrogen-bond acceptors (Lipinski definition) is 7. The predicted octanol–water partition coefficient (Wildman–Crippen LogP) is 4.75. The Bertz CT molecular complexity index is 1580. The van der Waals surface area contributed by atoms with E-state index in [9.17, 15) is 22.8 Å². The number of methoxy groups -OCH3 is 1. The Kier molecular flexibility index (Phi) is 10.6. The van der Waals surface area contributed by atoms with Gasteiger partial charge < -0.3 is 15.4 Å². The molecule has 2 heterocycles. The molecule has 0 aliphatic carbocycles. The van der Waals surface area contributed by atoms with Crippen LogP contribution in [-0.2, 0) is 26.0 Å². The van der Waals surface area contributed by atoms with Gasteiger partial charge in [-0.3, -0.25) is 14.7 Å². The summed E-state index contributed by atoms with van der Waals surface area (Å²) in [6, 6.07) is 11.1. The largest absolute Gasteiger partial charge is 0.467 e. The van der Waals surface area contributed by atoms with Crippen LogP contribution in [-0.4, -0.2) is 68.9 Å². The summed E-state index contributed by atoms with van der Waals surface area (Å²) in [4.78, 5) is 43.6. The first-order valence-electron chi connectivity index (χ1n) is 13.4. The van der Waals surface area contributed by atoms with Crippen LogP contribution in [0.5, 0.6) is 0 Å². The molecule has 11 nitrogen and oxygen atoms in total. The molecule has 2 aromatic carbocycles. The van der Waals surface area contributed by atoms with Crippen LogP contribution < -0.4 is 15.5 Å². The molecule has 0 saturated carbocycles. The van der Waals surface area contributed by atoms with Gasteiger partial charge in [0.05, 0.1) is 28.4 Å². The van der Waals surface area contributed by atoms with Crippen molar-refractivity contribution >= 4 is 62.5 Å². The second kappa shape index (κ2) is 14.2. The Morgan fingerprint density at radius 1 is 1.00 bits per heavy atom. The fourth-order valence-electron chi connectivity index (χ4n) is 4.67. The van der Waals surface area contributed by atoms with E-state index >= 15 is 0 Å². The number of esters is 1. The number of anilines is 2. The highest BCUT2D eigenvalue weighted by atomic mass is 35.5. The van der Waals surface area contributed by atoms with E-state index in [-0.39, 0.29) is 32.6 Å². The van der Waals surface area contributed by atoms with Crippen molar-refractivity contribution in [3.05, 3.63) is 82.1 Å². The molecule has 1 unspecified atom stereocenters. The molecule has 1 saturated heterocycles. The topological polar surface area (TPSA) is 138 Å². The molecule has 1 aliphatic rings. The first-order chi connectivity index (χ1) is 20.5. The number of nitrogens with zero attached hydrogens (tertiary/aromatic N) is 3. The summed E-state index contributed by atoms with van der Waals surface area (Å²) in [5, 5.41) is 5.57. The fraction of sp³-hybridized carbons (Fsp3) is 0.310. The van der Waals surface area contributed by atoms with Crippen LogP contribution in [0.3, 0.4) is 0 Å². The van der Waals surface area contributed by atoms with Gasteiger partial charge in [-0.25, -0.2) is 18.0 Å². The maximum Gasteiger partial charge on any atom is 0.328 e. The fourth-order valence-corrected chi connectivity index (χ4v) is 6.94. The van der Waals surface area contributed by atoms with E-state index in [0.717, 1.165) is 19.3 Å². The van der Waals surface area contributed by atoms with Crippen LogP contribution in [0.1, 0.15) is 35.2 Å². The number of carbonyl (C=O) groups excluding carboxylic acids is 3. The zero-order valence-corrected chi connectivity index (χ0v) is 25.9. The van der Waals surface area contributed by atoms with E-state index in [1.54, 1.807) is 42.5 Å². The van der Waals surface area contributed by atoms with Crippen LogP contribution in [0.15, 0.2) is 65.8 Å². The maximum atomic E-state index is 13.4. The summed E-state index contributed by atoms with van der Waals surface area (Å²) in [6.07, 6.45) is 5.22. The van der Waals surface area contributed by atoms with E-state index in [4.69, 9.17) is 27.9 Å². The van der Waals surface area contributed by atoms with Gasteiger partial charge in [-0.1, -0.05) is 53.9 Å². The zero-order chi connectivity index (χ0) is 31.1. The van der Waals surface area contributed by atoms with Gasteiger partial charge >= 0.3 is 12.0 Å². The number of amides is 3. The monoisotopic (exact) mass is 647 g/mol. The number of pyridine rings is 1. The molecule has 1 fully saturated rings. The van der Waals surface area contributed by atoms with Crippen LogP contribution in [0, 0.1) is 0 Å². The van der Waals surface area contributed by atoms with Crippen molar-refractivity contribution in [1.82, 2.24) is 14.6 Å². The Labute approximate surface area is 260 Å². The van der Waals surface area contributed by atoms with Crippen molar-refractivity contribution in [3.8, 4) is 0 Å². The lowest BCUT2D eigenvalue weighted by Crippen LogP contribution is -2.48. The van der Waals surface area contributed by atoms with E-state index in [1.807, 2.05) is 0 Å². The normalized spacial score (nSPS) is 14.4. The number of hydrogen-bond donors (Lipinski definition) is 2. The van der Waals surface area contributed by atoms with Gasteiger partial charge in [0.1, 0.15) is 10.9 Å². The molecule has 43 heavy (non-hydrogen) atoms. The van der Waals surface area contributed by atoms with Crippen molar-refractivity contribution in [3.63, 3.8) is 0 Å². The van der Waals surface area contributed by atoms with Crippen molar-refractivity contribution in [1.29, 1.82) is 0 Å². The van der Waals surface area contributed by atoms with Gasteiger partial charge in [0.2, 0.25) is 10.0 Å². The molecule has 2 N–H and O–H groups in total. The number of aromatic nitrogens is 1. The van der Waals surface area contributed by atoms with Crippen molar-refractivity contribution in [2.45, 2.75) is 36.6 Å². The summed E-state index contributed by atoms with van der Waals surface area (Å²) in [5.74, 6) is -1.20. The summed E-state index contributed by atoms with van der Waals surface area (Å²) < 4.78 is 33.2. The number of nitrogens with one attached hydrogen (secondary N) is 2. The predicted molar refractivity (Wildman–Crippen MR) is 164 cm³/mol. The van der Waals surface area contributed by atoms with Gasteiger partial charge in [0, 0.05) is 44.6 Å². The smallest absolute Gasteiger partial charge is 0.328 e. The molecule has 0 radical (unpaired) electrons. The van der Waals surface area contributed by atoms with E-state index in [2.05, 4.69) is 15.6 Å². The Hall–Kier alpha value is -3.71. The average molecular weight is 649 g/mol. The molecule has 3 aromatic rings. The molecule has 1 aliphatic heterocycles. The Morgan fingerprint density at radius 3 is 2.26 bits per heavy atom. The minimum absolute atomic E-state index is 0.0103. The highest BCUT2D eigenvalue weighted by Crippen LogP contribution is 2.29. The standard InChI is InChI=1S/C29H31Cl2N5O6S/c1-35(24-8-4-5-9-25(24)43(40,41)36-14-6-3-7-15-36)29(39)34-23(28(38)42-2)16-19-10-12-20(13-11-19)33-27(37)26-21(30)17-32-18-22(26)31/h4-5,8-13,17-18,23H,3,6-7,14-16H2,1-2H3,(H,33,37)(H,34,39). The lowest BCUT2D eigenvalue weighted by molar-refractivity contribution is -0.142. The Balaban J connectivity index is 1.47. The third kappa shape index (κ3) is 7.63. The van der Waals surface area contributed by atoms with E-state index in [1.165, 1.54) is 41.8 Å². The van der Waals surface area contributed by atoms with Crippen LogP contribution in [0.4, 0.5) is 16.2 Å². The van der Waals surface area contributed by atoms with Crippen LogP contribution in [0.2, 0.25) is 10.0 Å². The maximum absolute atomic E-state index is 13.4. The highest BCUT2D eigenvalue weighted by Gasteiger charge is 2.31. The molecule has 0 spiro atoms. The van der Waals surface area contributed by atoms with Crippen LogP contribution >= 0.6 is 23.2 Å². The second-order valence-corrected chi connectivity index (χ2v) is 12.6. The lowest BCUT2D eigenvalue weighted by Gasteiger charge is -2.29. The molecule has 14 heteroatoms. The molecule has 1 aromatic heterocycles. The molecular weight excluding hydrogens is 617 g/mol. The second-order valence-electron chi connectivity index (χ2n) is 9.85. The number of urea groups is 1. The molecular formula is C29H31Cl2N5O6S.